The average molecular weight is 237 g/mol. The van der Waals surface area contributed by atoms with E-state index < -0.39 is 34.5 Å². The highest BCUT2D eigenvalue weighted by molar-refractivity contribution is 5.49. The fraction of sp³-hybridized carbons (Fsp3) is 0.400. The molecule has 1 aromatic rings. The molecule has 0 saturated carbocycles. The maximum atomic E-state index is 13.2. The topological polar surface area (TPSA) is 23.5 Å². The van der Waals surface area contributed by atoms with E-state index in [0.717, 1.165) is 0 Å². The zero-order chi connectivity index (χ0) is 12.7. The third kappa shape index (κ3) is 2.11. The van der Waals surface area contributed by atoms with Crippen LogP contribution < -0.4 is 5.06 Å². The fourth-order valence-corrected chi connectivity index (χ4v) is 1.09. The SMILES string of the molecule is CC(C)(C)N(O)c1c(F)cc(F)c(F)c1F. The van der Waals surface area contributed by atoms with Crippen molar-refractivity contribution >= 4 is 5.69 Å². The Hall–Kier alpha value is -1.30. The van der Waals surface area contributed by atoms with Crippen molar-refractivity contribution in [1.29, 1.82) is 0 Å². The van der Waals surface area contributed by atoms with Gasteiger partial charge in [0, 0.05) is 6.07 Å². The lowest BCUT2D eigenvalue weighted by Crippen LogP contribution is -2.40. The van der Waals surface area contributed by atoms with Crippen LogP contribution in [0.4, 0.5) is 23.2 Å². The summed E-state index contributed by atoms with van der Waals surface area (Å²) in [5, 5.41) is 9.72. The Morgan fingerprint density at radius 2 is 1.50 bits per heavy atom. The summed E-state index contributed by atoms with van der Waals surface area (Å²) in [5.74, 6) is -6.58. The number of rotatable bonds is 1. The second-order valence-electron chi connectivity index (χ2n) is 4.30. The number of nitrogens with zero attached hydrogens (tertiary/aromatic N) is 1. The van der Waals surface area contributed by atoms with Crippen molar-refractivity contribution < 1.29 is 22.8 Å². The Bertz CT molecular complexity index is 414. The molecule has 16 heavy (non-hydrogen) atoms. The normalized spacial score (nSPS) is 11.8. The molecular weight excluding hydrogens is 226 g/mol. The number of halogens is 4. The van der Waals surface area contributed by atoms with Crippen molar-refractivity contribution in [3.63, 3.8) is 0 Å². The highest BCUT2D eigenvalue weighted by atomic mass is 19.2. The van der Waals surface area contributed by atoms with Gasteiger partial charge in [-0.3, -0.25) is 5.21 Å². The summed E-state index contributed by atoms with van der Waals surface area (Å²) >= 11 is 0. The molecular formula is C10H11F4NO. The van der Waals surface area contributed by atoms with E-state index in [0.29, 0.717) is 0 Å². The van der Waals surface area contributed by atoms with Crippen molar-refractivity contribution in [1.82, 2.24) is 0 Å². The van der Waals surface area contributed by atoms with E-state index in [4.69, 9.17) is 0 Å². The first-order valence-corrected chi connectivity index (χ1v) is 4.48. The molecule has 0 atom stereocenters. The number of benzene rings is 1. The highest BCUT2D eigenvalue weighted by Crippen LogP contribution is 2.30. The summed E-state index contributed by atoms with van der Waals surface area (Å²) in [4.78, 5) is 0. The Labute approximate surface area is 90.1 Å². The Morgan fingerprint density at radius 1 is 1.00 bits per heavy atom. The van der Waals surface area contributed by atoms with Gasteiger partial charge < -0.3 is 0 Å². The van der Waals surface area contributed by atoms with Crippen molar-refractivity contribution in [3.05, 3.63) is 29.3 Å². The van der Waals surface area contributed by atoms with Crippen LogP contribution in [0.15, 0.2) is 6.07 Å². The molecule has 0 amide bonds. The molecule has 2 nitrogen and oxygen atoms in total. The molecule has 0 bridgehead atoms. The van der Waals surface area contributed by atoms with Gasteiger partial charge in [-0.2, -0.15) is 0 Å². The number of hydrogen-bond donors (Lipinski definition) is 1. The number of hydroxylamine groups is 1. The van der Waals surface area contributed by atoms with E-state index in [9.17, 15) is 22.8 Å². The van der Waals surface area contributed by atoms with E-state index in [1.165, 1.54) is 20.8 Å². The minimum Gasteiger partial charge on any atom is -0.288 e. The van der Waals surface area contributed by atoms with Gasteiger partial charge in [-0.15, -0.1) is 0 Å². The Morgan fingerprint density at radius 3 is 1.94 bits per heavy atom. The standard InChI is InChI=1S/C10H11F4NO/c1-10(2,3)15(16)9-6(12)4-5(11)7(13)8(9)14/h4,16H,1-3H3. The summed E-state index contributed by atoms with van der Waals surface area (Å²) in [5.41, 5.74) is -2.06. The lowest BCUT2D eigenvalue weighted by atomic mass is 10.1. The molecule has 0 aliphatic carbocycles. The molecule has 1 aromatic carbocycles. The summed E-state index contributed by atoms with van der Waals surface area (Å²) < 4.78 is 52.0. The van der Waals surface area contributed by atoms with E-state index in [-0.39, 0.29) is 11.1 Å². The zero-order valence-electron chi connectivity index (χ0n) is 8.98. The van der Waals surface area contributed by atoms with Crippen LogP contribution in [-0.4, -0.2) is 10.7 Å². The minimum absolute atomic E-state index is 0.183. The van der Waals surface area contributed by atoms with E-state index in [2.05, 4.69) is 0 Å². The predicted octanol–water partition coefficient (Wildman–Crippen LogP) is 3.24. The molecule has 0 spiro atoms. The molecule has 90 valence electrons. The summed E-state index contributed by atoms with van der Waals surface area (Å²) in [7, 11) is 0. The van der Waals surface area contributed by atoms with Gasteiger partial charge in [0.25, 0.3) is 0 Å². The molecule has 0 aliphatic heterocycles. The molecule has 0 aromatic heterocycles. The van der Waals surface area contributed by atoms with E-state index in [1.807, 2.05) is 0 Å². The zero-order valence-corrected chi connectivity index (χ0v) is 8.98. The van der Waals surface area contributed by atoms with Crippen molar-refractivity contribution in [2.24, 2.45) is 0 Å². The van der Waals surface area contributed by atoms with Crippen LogP contribution in [0.1, 0.15) is 20.8 Å². The first-order valence-electron chi connectivity index (χ1n) is 4.48. The van der Waals surface area contributed by atoms with Gasteiger partial charge in [0.2, 0.25) is 0 Å². The van der Waals surface area contributed by atoms with Gasteiger partial charge in [0.05, 0.1) is 5.54 Å². The van der Waals surface area contributed by atoms with E-state index in [1.54, 1.807) is 0 Å². The molecule has 1 rings (SSSR count). The molecule has 0 fully saturated rings. The fourth-order valence-electron chi connectivity index (χ4n) is 1.09. The van der Waals surface area contributed by atoms with Crippen molar-refractivity contribution in [3.8, 4) is 0 Å². The highest BCUT2D eigenvalue weighted by Gasteiger charge is 2.29. The van der Waals surface area contributed by atoms with Gasteiger partial charge >= 0.3 is 0 Å². The second-order valence-corrected chi connectivity index (χ2v) is 4.30. The maximum absolute atomic E-state index is 13.2. The summed E-state index contributed by atoms with van der Waals surface area (Å²) in [6.07, 6.45) is 0. The maximum Gasteiger partial charge on any atom is 0.196 e. The molecule has 0 radical (unpaired) electrons. The first kappa shape index (κ1) is 12.8. The van der Waals surface area contributed by atoms with Crippen LogP contribution in [-0.2, 0) is 0 Å². The summed E-state index contributed by atoms with van der Waals surface area (Å²) in [6, 6.07) is 0.183. The van der Waals surface area contributed by atoms with Crippen LogP contribution in [0.5, 0.6) is 0 Å². The van der Waals surface area contributed by atoms with Crippen LogP contribution in [0.25, 0.3) is 0 Å². The smallest absolute Gasteiger partial charge is 0.196 e. The lowest BCUT2D eigenvalue weighted by Gasteiger charge is -2.31. The van der Waals surface area contributed by atoms with Crippen LogP contribution in [0, 0.1) is 23.3 Å². The third-order valence-corrected chi connectivity index (χ3v) is 1.94. The van der Waals surface area contributed by atoms with Gasteiger partial charge in [0.1, 0.15) is 5.69 Å². The molecule has 0 unspecified atom stereocenters. The quantitative estimate of drug-likeness (QED) is 0.351. The van der Waals surface area contributed by atoms with Crippen molar-refractivity contribution in [2.75, 3.05) is 5.06 Å². The molecule has 0 heterocycles. The third-order valence-electron chi connectivity index (χ3n) is 1.94. The van der Waals surface area contributed by atoms with Crippen LogP contribution in [0.3, 0.4) is 0 Å². The Kier molecular flexibility index (Phi) is 3.14. The number of anilines is 1. The predicted molar refractivity (Wildman–Crippen MR) is 50.3 cm³/mol. The van der Waals surface area contributed by atoms with E-state index >= 15 is 0 Å². The van der Waals surface area contributed by atoms with Gasteiger partial charge in [0.15, 0.2) is 23.3 Å². The van der Waals surface area contributed by atoms with Gasteiger partial charge in [-0.05, 0) is 20.8 Å². The summed E-state index contributed by atoms with van der Waals surface area (Å²) in [6.45, 7) is 4.35. The largest absolute Gasteiger partial charge is 0.288 e. The first-order chi connectivity index (χ1) is 7.16. The molecule has 0 aliphatic rings. The average Bonchev–Trinajstić information content (AvgIpc) is 2.13. The minimum atomic E-state index is -1.82. The number of hydrogen-bond acceptors (Lipinski definition) is 2. The van der Waals surface area contributed by atoms with Gasteiger partial charge in [-0.1, -0.05) is 0 Å². The molecule has 0 saturated heterocycles. The van der Waals surface area contributed by atoms with Gasteiger partial charge in [-0.25, -0.2) is 22.6 Å². The second kappa shape index (κ2) is 3.93. The monoisotopic (exact) mass is 237 g/mol. The Balaban J connectivity index is 3.40. The lowest BCUT2D eigenvalue weighted by molar-refractivity contribution is 0.173. The van der Waals surface area contributed by atoms with Crippen LogP contribution in [0.2, 0.25) is 0 Å². The van der Waals surface area contributed by atoms with Crippen LogP contribution >= 0.6 is 0 Å². The molecule has 6 heteroatoms. The molecule has 1 N–H and O–H groups in total. The van der Waals surface area contributed by atoms with Crippen molar-refractivity contribution in [2.45, 2.75) is 26.3 Å².